The van der Waals surface area contributed by atoms with Crippen molar-refractivity contribution < 1.29 is 14.6 Å². The average Bonchev–Trinajstić information content (AvgIpc) is 3.03. The van der Waals surface area contributed by atoms with E-state index in [2.05, 4.69) is 4.98 Å². The molecule has 4 nitrogen and oxygen atoms in total. The second-order valence-electron chi connectivity index (χ2n) is 4.88. The number of H-pyrrole nitrogens is 1. The number of para-hydroxylation sites is 1. The number of Topliss-reactive ketones (excluding diaryl/α,β-unsaturated/α-hetero) is 1. The molecule has 2 N–H and O–H groups in total. The van der Waals surface area contributed by atoms with E-state index in [4.69, 9.17) is 4.74 Å². The van der Waals surface area contributed by atoms with Crippen LogP contribution in [0.15, 0.2) is 54.4 Å². The number of hydrogen-bond acceptors (Lipinski definition) is 3. The summed E-state index contributed by atoms with van der Waals surface area (Å²) in [6, 6.07) is 12.6. The molecule has 4 heteroatoms. The summed E-state index contributed by atoms with van der Waals surface area (Å²) in [5.74, 6) is 0.260. The molecule has 0 saturated heterocycles. The second kappa shape index (κ2) is 4.24. The normalized spacial score (nSPS) is 15.4. The fourth-order valence-corrected chi connectivity index (χ4v) is 2.57. The molecule has 0 bridgehead atoms. The fraction of sp³-hybridized carbons (Fsp3) is 0. The lowest BCUT2D eigenvalue weighted by Gasteiger charge is -1.97. The van der Waals surface area contributed by atoms with E-state index < -0.39 is 0 Å². The third kappa shape index (κ3) is 1.73. The van der Waals surface area contributed by atoms with Crippen molar-refractivity contribution >= 4 is 22.8 Å². The van der Waals surface area contributed by atoms with Crippen molar-refractivity contribution in [2.24, 2.45) is 0 Å². The largest absolute Gasteiger partial charge is 0.507 e. The Morgan fingerprint density at radius 1 is 1.10 bits per heavy atom. The van der Waals surface area contributed by atoms with E-state index in [1.165, 1.54) is 6.07 Å². The minimum atomic E-state index is -0.298. The number of aromatic hydroxyl groups is 1. The zero-order chi connectivity index (χ0) is 14.4. The summed E-state index contributed by atoms with van der Waals surface area (Å²) >= 11 is 0. The summed E-state index contributed by atoms with van der Waals surface area (Å²) in [4.78, 5) is 15.5. The van der Waals surface area contributed by atoms with Gasteiger partial charge in [0.25, 0.3) is 0 Å². The molecule has 0 aliphatic carbocycles. The second-order valence-corrected chi connectivity index (χ2v) is 4.88. The molecule has 102 valence electrons. The summed E-state index contributed by atoms with van der Waals surface area (Å²) in [5.41, 5.74) is 2.10. The highest BCUT2D eigenvalue weighted by atomic mass is 16.5. The molecule has 3 aromatic rings. The highest BCUT2D eigenvalue weighted by molar-refractivity contribution is 6.16. The Bertz CT molecular complexity index is 905. The highest BCUT2D eigenvalue weighted by Gasteiger charge is 2.30. The number of ketones is 1. The fourth-order valence-electron chi connectivity index (χ4n) is 2.57. The molecule has 21 heavy (non-hydrogen) atoms. The third-order valence-electron chi connectivity index (χ3n) is 3.58. The van der Waals surface area contributed by atoms with Gasteiger partial charge in [-0.1, -0.05) is 24.3 Å². The number of carbonyl (C=O) groups excluding carboxylic acids is 1. The molecular formula is C17H11NO3. The Kier molecular flexibility index (Phi) is 2.38. The molecule has 0 fully saturated rings. The Balaban J connectivity index is 1.82. The minimum absolute atomic E-state index is 0.0557. The number of aromatic amines is 1. The van der Waals surface area contributed by atoms with Crippen LogP contribution in [0.3, 0.4) is 0 Å². The van der Waals surface area contributed by atoms with Crippen molar-refractivity contribution in [2.75, 3.05) is 0 Å². The first-order valence-electron chi connectivity index (χ1n) is 6.56. The summed E-state index contributed by atoms with van der Waals surface area (Å²) < 4.78 is 5.56. The Morgan fingerprint density at radius 3 is 2.81 bits per heavy atom. The number of nitrogens with one attached hydrogen (secondary N) is 1. The molecule has 1 aromatic heterocycles. The van der Waals surface area contributed by atoms with E-state index in [1.807, 2.05) is 30.5 Å². The Morgan fingerprint density at radius 2 is 1.95 bits per heavy atom. The molecule has 0 radical (unpaired) electrons. The zero-order valence-electron chi connectivity index (χ0n) is 11.0. The quantitative estimate of drug-likeness (QED) is 0.669. The number of carbonyl (C=O) groups is 1. The van der Waals surface area contributed by atoms with Crippen LogP contribution in [0.1, 0.15) is 15.9 Å². The van der Waals surface area contributed by atoms with E-state index in [-0.39, 0.29) is 22.9 Å². The standard InChI is InChI=1S/C17H11NO3/c19-13-6-3-7-14-16(13)17(20)15(21-14)8-10-9-18-12-5-2-1-4-11(10)12/h1-9,18-19H/b15-8-. The van der Waals surface area contributed by atoms with Crippen molar-refractivity contribution in [3.8, 4) is 11.5 Å². The van der Waals surface area contributed by atoms with E-state index in [0.717, 1.165) is 16.5 Å². The van der Waals surface area contributed by atoms with Gasteiger partial charge in [-0.2, -0.15) is 0 Å². The topological polar surface area (TPSA) is 62.3 Å². The minimum Gasteiger partial charge on any atom is -0.507 e. The first kappa shape index (κ1) is 11.8. The Labute approximate surface area is 120 Å². The van der Waals surface area contributed by atoms with E-state index in [0.29, 0.717) is 5.75 Å². The maximum atomic E-state index is 12.3. The van der Waals surface area contributed by atoms with Crippen molar-refractivity contribution in [3.63, 3.8) is 0 Å². The van der Waals surface area contributed by atoms with Gasteiger partial charge in [-0.25, -0.2) is 0 Å². The van der Waals surface area contributed by atoms with Crippen LogP contribution >= 0.6 is 0 Å². The van der Waals surface area contributed by atoms with Crippen molar-refractivity contribution in [1.29, 1.82) is 0 Å². The number of benzene rings is 2. The van der Waals surface area contributed by atoms with Crippen LogP contribution in [0, 0.1) is 0 Å². The zero-order valence-corrected chi connectivity index (χ0v) is 11.0. The van der Waals surface area contributed by atoms with Gasteiger partial charge in [0.1, 0.15) is 17.1 Å². The number of phenolic OH excluding ortho intramolecular Hbond substituents is 1. The van der Waals surface area contributed by atoms with Gasteiger partial charge >= 0.3 is 0 Å². The number of phenols is 1. The number of allylic oxidation sites excluding steroid dienone is 1. The molecule has 0 saturated carbocycles. The first-order valence-corrected chi connectivity index (χ1v) is 6.56. The van der Waals surface area contributed by atoms with Crippen molar-refractivity contribution in [2.45, 2.75) is 0 Å². The van der Waals surface area contributed by atoms with E-state index in [1.54, 1.807) is 18.2 Å². The number of fused-ring (bicyclic) bond motifs is 2. The maximum absolute atomic E-state index is 12.3. The maximum Gasteiger partial charge on any atom is 0.235 e. The van der Waals surface area contributed by atoms with Crippen LogP contribution < -0.4 is 4.74 Å². The molecule has 2 aromatic carbocycles. The SMILES string of the molecule is O=C1/C(=C/c2c[nH]c3ccccc23)Oc2cccc(O)c21. The van der Waals surface area contributed by atoms with E-state index in [9.17, 15) is 9.90 Å². The van der Waals surface area contributed by atoms with Gasteiger partial charge in [0, 0.05) is 22.7 Å². The number of ether oxygens (including phenoxy) is 1. The monoisotopic (exact) mass is 277 g/mol. The van der Waals surface area contributed by atoms with Gasteiger partial charge in [0.2, 0.25) is 5.78 Å². The molecule has 0 amide bonds. The van der Waals surface area contributed by atoms with E-state index >= 15 is 0 Å². The third-order valence-corrected chi connectivity index (χ3v) is 3.58. The van der Waals surface area contributed by atoms with Crippen LogP contribution in [-0.2, 0) is 0 Å². The molecule has 2 heterocycles. The lowest BCUT2D eigenvalue weighted by atomic mass is 10.1. The number of rotatable bonds is 1. The van der Waals surface area contributed by atoms with Gasteiger partial charge < -0.3 is 14.8 Å². The molecule has 1 aliphatic heterocycles. The molecule has 1 aliphatic rings. The van der Waals surface area contributed by atoms with Crippen LogP contribution in [-0.4, -0.2) is 15.9 Å². The van der Waals surface area contributed by atoms with Gasteiger partial charge in [-0.05, 0) is 24.3 Å². The van der Waals surface area contributed by atoms with Crippen LogP contribution in [0.4, 0.5) is 0 Å². The summed E-state index contributed by atoms with van der Waals surface area (Å²) in [6.07, 6.45) is 3.53. The molecule has 4 rings (SSSR count). The van der Waals surface area contributed by atoms with Crippen LogP contribution in [0.5, 0.6) is 11.5 Å². The van der Waals surface area contributed by atoms with Crippen LogP contribution in [0.2, 0.25) is 0 Å². The number of hydrogen-bond donors (Lipinski definition) is 2. The summed E-state index contributed by atoms with van der Waals surface area (Å²) in [6.45, 7) is 0. The smallest absolute Gasteiger partial charge is 0.235 e. The predicted molar refractivity (Wildman–Crippen MR) is 79.3 cm³/mol. The lowest BCUT2D eigenvalue weighted by molar-refractivity contribution is 0.101. The van der Waals surface area contributed by atoms with Gasteiger partial charge in [0.15, 0.2) is 5.76 Å². The summed E-state index contributed by atoms with van der Waals surface area (Å²) in [5, 5.41) is 10.8. The molecule has 0 unspecified atom stereocenters. The first-order chi connectivity index (χ1) is 10.2. The average molecular weight is 277 g/mol. The van der Waals surface area contributed by atoms with Crippen LogP contribution in [0.25, 0.3) is 17.0 Å². The summed E-state index contributed by atoms with van der Waals surface area (Å²) in [7, 11) is 0. The van der Waals surface area contributed by atoms with Gasteiger partial charge in [-0.15, -0.1) is 0 Å². The highest BCUT2D eigenvalue weighted by Crippen LogP contribution is 2.37. The predicted octanol–water partition coefficient (Wildman–Crippen LogP) is 3.49. The van der Waals surface area contributed by atoms with Gasteiger partial charge in [-0.3, -0.25) is 4.79 Å². The Hall–Kier alpha value is -3.01. The van der Waals surface area contributed by atoms with Gasteiger partial charge in [0.05, 0.1) is 0 Å². The van der Waals surface area contributed by atoms with Crippen molar-refractivity contribution in [3.05, 3.63) is 65.5 Å². The number of aromatic nitrogens is 1. The molecule has 0 atom stereocenters. The molecular weight excluding hydrogens is 266 g/mol. The molecule has 0 spiro atoms. The lowest BCUT2D eigenvalue weighted by Crippen LogP contribution is -1.98. The van der Waals surface area contributed by atoms with Crippen molar-refractivity contribution in [1.82, 2.24) is 4.98 Å².